The Morgan fingerprint density at radius 3 is 2.40 bits per heavy atom. The van der Waals surface area contributed by atoms with Crippen molar-refractivity contribution in [3.05, 3.63) is 59.8 Å². The molecule has 0 spiro atoms. The Hall–Kier alpha value is -2.40. The van der Waals surface area contributed by atoms with Gasteiger partial charge in [0.2, 0.25) is 5.88 Å². The molecule has 0 aliphatic heterocycles. The van der Waals surface area contributed by atoms with Gasteiger partial charge in [0, 0.05) is 25.9 Å². The number of carbonyl (C=O) groups excluding carboxylic acids is 1. The van der Waals surface area contributed by atoms with Crippen molar-refractivity contribution < 1.29 is 14.3 Å². The van der Waals surface area contributed by atoms with Crippen LogP contribution in [-0.2, 0) is 11.3 Å². The van der Waals surface area contributed by atoms with E-state index in [0.29, 0.717) is 31.2 Å². The fraction of sp³-hybridized carbons (Fsp3) is 0.400. The lowest BCUT2D eigenvalue weighted by Crippen LogP contribution is -2.26. The molecule has 0 aliphatic rings. The van der Waals surface area contributed by atoms with Crippen molar-refractivity contribution in [3.63, 3.8) is 0 Å². The Bertz CT molecular complexity index is 664. The van der Waals surface area contributed by atoms with E-state index in [2.05, 4.69) is 4.98 Å². The van der Waals surface area contributed by atoms with Gasteiger partial charge in [0.25, 0.3) is 5.91 Å². The van der Waals surface area contributed by atoms with E-state index < -0.39 is 0 Å². The minimum absolute atomic E-state index is 0.0704. The van der Waals surface area contributed by atoms with E-state index >= 15 is 0 Å². The molecule has 134 valence electrons. The average Bonchev–Trinajstić information content (AvgIpc) is 2.59. The van der Waals surface area contributed by atoms with Gasteiger partial charge in [-0.3, -0.25) is 4.79 Å². The molecule has 1 aromatic heterocycles. The molecule has 0 saturated heterocycles. The van der Waals surface area contributed by atoms with Crippen molar-refractivity contribution in [1.29, 1.82) is 0 Å². The highest BCUT2D eigenvalue weighted by Gasteiger charge is 2.13. The Kier molecular flexibility index (Phi) is 6.53. The largest absolute Gasteiger partial charge is 0.475 e. The van der Waals surface area contributed by atoms with Crippen LogP contribution in [0.15, 0.2) is 48.7 Å². The van der Waals surface area contributed by atoms with Crippen LogP contribution in [0.5, 0.6) is 5.88 Å². The van der Waals surface area contributed by atoms with Crippen LogP contribution in [0, 0.1) is 0 Å². The molecule has 0 radical (unpaired) electrons. The van der Waals surface area contributed by atoms with Crippen molar-refractivity contribution in [3.8, 4) is 5.88 Å². The second-order valence-electron chi connectivity index (χ2n) is 6.84. The number of ether oxygens (including phenoxy) is 2. The molecule has 0 N–H and O–H groups in total. The quantitative estimate of drug-likeness (QED) is 0.722. The lowest BCUT2D eigenvalue weighted by Gasteiger charge is -2.19. The third-order valence-electron chi connectivity index (χ3n) is 3.46. The molecule has 1 heterocycles. The summed E-state index contributed by atoms with van der Waals surface area (Å²) >= 11 is 0. The minimum atomic E-state index is -0.184. The standard InChI is InChI=1S/C20H26N2O3/c1-20(2,3)25-13-12-24-18-11-10-17(14-21-18)19(23)22(4)15-16-8-6-5-7-9-16/h5-11,14H,12-13,15H2,1-4H3. The predicted molar refractivity (Wildman–Crippen MR) is 97.7 cm³/mol. The van der Waals surface area contributed by atoms with Crippen LogP contribution in [-0.4, -0.2) is 41.7 Å². The van der Waals surface area contributed by atoms with Gasteiger partial charge in [-0.1, -0.05) is 30.3 Å². The first-order valence-corrected chi connectivity index (χ1v) is 8.37. The van der Waals surface area contributed by atoms with E-state index in [1.165, 1.54) is 0 Å². The van der Waals surface area contributed by atoms with Crippen molar-refractivity contribution >= 4 is 5.91 Å². The van der Waals surface area contributed by atoms with Crippen LogP contribution in [0.3, 0.4) is 0 Å². The van der Waals surface area contributed by atoms with Crippen LogP contribution in [0.4, 0.5) is 0 Å². The van der Waals surface area contributed by atoms with Gasteiger partial charge in [-0.15, -0.1) is 0 Å². The number of hydrogen-bond acceptors (Lipinski definition) is 4. The predicted octanol–water partition coefficient (Wildman–Crippen LogP) is 3.55. The average molecular weight is 342 g/mol. The molecule has 0 aliphatic carbocycles. The van der Waals surface area contributed by atoms with Crippen molar-refractivity contribution in [1.82, 2.24) is 9.88 Å². The van der Waals surface area contributed by atoms with Gasteiger partial charge in [-0.25, -0.2) is 4.98 Å². The van der Waals surface area contributed by atoms with Gasteiger partial charge in [0.05, 0.1) is 17.8 Å². The maximum atomic E-state index is 12.5. The number of rotatable bonds is 7. The Balaban J connectivity index is 1.85. The molecular weight excluding hydrogens is 316 g/mol. The van der Waals surface area contributed by atoms with Crippen molar-refractivity contribution in [2.75, 3.05) is 20.3 Å². The number of nitrogens with zero attached hydrogens (tertiary/aromatic N) is 2. The minimum Gasteiger partial charge on any atom is -0.475 e. The lowest BCUT2D eigenvalue weighted by atomic mass is 10.2. The fourth-order valence-corrected chi connectivity index (χ4v) is 2.24. The molecule has 1 amide bonds. The molecule has 1 aromatic carbocycles. The first-order chi connectivity index (χ1) is 11.8. The molecule has 2 aromatic rings. The van der Waals surface area contributed by atoms with Crippen molar-refractivity contribution in [2.24, 2.45) is 0 Å². The van der Waals surface area contributed by atoms with E-state index in [1.807, 2.05) is 51.1 Å². The zero-order valence-corrected chi connectivity index (χ0v) is 15.4. The zero-order valence-electron chi connectivity index (χ0n) is 15.4. The van der Waals surface area contributed by atoms with E-state index in [-0.39, 0.29) is 11.5 Å². The van der Waals surface area contributed by atoms with Crippen LogP contribution < -0.4 is 4.74 Å². The van der Waals surface area contributed by atoms with Crippen LogP contribution in [0.25, 0.3) is 0 Å². The number of pyridine rings is 1. The Labute approximate surface area is 149 Å². The number of benzene rings is 1. The van der Waals surface area contributed by atoms with Crippen molar-refractivity contribution in [2.45, 2.75) is 32.9 Å². The van der Waals surface area contributed by atoms with Gasteiger partial charge in [-0.05, 0) is 32.4 Å². The Morgan fingerprint density at radius 2 is 1.80 bits per heavy atom. The maximum absolute atomic E-state index is 12.5. The van der Waals surface area contributed by atoms with E-state index in [4.69, 9.17) is 9.47 Å². The number of hydrogen-bond donors (Lipinski definition) is 0. The second-order valence-corrected chi connectivity index (χ2v) is 6.84. The van der Waals surface area contributed by atoms with Gasteiger partial charge in [0.1, 0.15) is 6.61 Å². The van der Waals surface area contributed by atoms with Gasteiger partial charge in [0.15, 0.2) is 0 Å². The second kappa shape index (κ2) is 8.62. The smallest absolute Gasteiger partial charge is 0.255 e. The summed E-state index contributed by atoms with van der Waals surface area (Å²) in [5.41, 5.74) is 1.44. The topological polar surface area (TPSA) is 51.7 Å². The molecule has 5 nitrogen and oxygen atoms in total. The summed E-state index contributed by atoms with van der Waals surface area (Å²) < 4.78 is 11.1. The fourth-order valence-electron chi connectivity index (χ4n) is 2.24. The molecule has 2 rings (SSSR count). The zero-order chi connectivity index (χ0) is 18.3. The summed E-state index contributed by atoms with van der Waals surface area (Å²) in [6, 6.07) is 13.3. The SMILES string of the molecule is CN(Cc1ccccc1)C(=O)c1ccc(OCCOC(C)(C)C)nc1. The molecular formula is C20H26N2O3. The van der Waals surface area contributed by atoms with Crippen LogP contribution >= 0.6 is 0 Å². The van der Waals surface area contributed by atoms with Gasteiger partial charge >= 0.3 is 0 Å². The number of amides is 1. The van der Waals surface area contributed by atoms with E-state index in [0.717, 1.165) is 5.56 Å². The molecule has 0 saturated carbocycles. The maximum Gasteiger partial charge on any atom is 0.255 e. The summed E-state index contributed by atoms with van der Waals surface area (Å²) in [5.74, 6) is 0.416. The third kappa shape index (κ3) is 6.55. The summed E-state index contributed by atoms with van der Waals surface area (Å²) in [6.45, 7) is 7.46. The highest BCUT2D eigenvalue weighted by Crippen LogP contribution is 2.12. The molecule has 5 heteroatoms. The number of carbonyl (C=O) groups is 1. The molecule has 25 heavy (non-hydrogen) atoms. The highest BCUT2D eigenvalue weighted by molar-refractivity contribution is 5.93. The monoisotopic (exact) mass is 342 g/mol. The van der Waals surface area contributed by atoms with E-state index in [1.54, 1.807) is 30.3 Å². The van der Waals surface area contributed by atoms with Gasteiger partial charge in [-0.2, -0.15) is 0 Å². The molecule has 0 bridgehead atoms. The van der Waals surface area contributed by atoms with Crippen LogP contribution in [0.1, 0.15) is 36.7 Å². The summed E-state index contributed by atoms with van der Waals surface area (Å²) in [5, 5.41) is 0. The summed E-state index contributed by atoms with van der Waals surface area (Å²) in [6.07, 6.45) is 1.55. The third-order valence-corrected chi connectivity index (χ3v) is 3.46. The molecule has 0 atom stereocenters. The normalized spacial score (nSPS) is 11.2. The molecule has 0 fully saturated rings. The summed E-state index contributed by atoms with van der Waals surface area (Å²) in [7, 11) is 1.78. The lowest BCUT2D eigenvalue weighted by molar-refractivity contribution is -0.0168. The number of aromatic nitrogens is 1. The van der Waals surface area contributed by atoms with Gasteiger partial charge < -0.3 is 14.4 Å². The summed E-state index contributed by atoms with van der Waals surface area (Å²) in [4.78, 5) is 18.3. The highest BCUT2D eigenvalue weighted by atomic mass is 16.5. The molecule has 0 unspecified atom stereocenters. The van der Waals surface area contributed by atoms with E-state index in [9.17, 15) is 4.79 Å². The first kappa shape index (κ1) is 18.9. The Morgan fingerprint density at radius 1 is 1.08 bits per heavy atom. The van der Waals surface area contributed by atoms with Crippen LogP contribution in [0.2, 0.25) is 0 Å². The first-order valence-electron chi connectivity index (χ1n) is 8.37.